The van der Waals surface area contributed by atoms with Gasteiger partial charge < -0.3 is 10.1 Å². The van der Waals surface area contributed by atoms with Crippen molar-refractivity contribution in [2.24, 2.45) is 0 Å². The Morgan fingerprint density at radius 3 is 2.68 bits per heavy atom. The molecule has 1 aromatic rings. The lowest BCUT2D eigenvalue weighted by Crippen LogP contribution is -2.37. The normalized spacial score (nSPS) is 12.4. The summed E-state index contributed by atoms with van der Waals surface area (Å²) in [5, 5.41) is 2.89. The standard InChI is InChI=1S/C15H24N2O2/c1-13(14-8-5-4-6-9-14)17(2)12-15(18)16-10-7-11-19-3/h4-6,8-9,13H,7,10-12H2,1-3H3,(H,16,18)/t13-/m0/s1. The summed E-state index contributed by atoms with van der Waals surface area (Å²) in [6, 6.07) is 10.4. The van der Waals surface area contributed by atoms with Crippen LogP contribution in [0.25, 0.3) is 0 Å². The zero-order chi connectivity index (χ0) is 14.1. The highest BCUT2D eigenvalue weighted by Gasteiger charge is 2.14. The highest BCUT2D eigenvalue weighted by molar-refractivity contribution is 5.77. The minimum absolute atomic E-state index is 0.0568. The van der Waals surface area contributed by atoms with E-state index in [0.717, 1.165) is 6.42 Å². The maximum atomic E-state index is 11.8. The number of carbonyl (C=O) groups excluding carboxylic acids is 1. The summed E-state index contributed by atoms with van der Waals surface area (Å²) >= 11 is 0. The third kappa shape index (κ3) is 5.85. The molecule has 1 amide bonds. The molecule has 4 nitrogen and oxygen atoms in total. The first kappa shape index (κ1) is 15.7. The van der Waals surface area contributed by atoms with Crippen molar-refractivity contribution in [2.45, 2.75) is 19.4 Å². The van der Waals surface area contributed by atoms with Gasteiger partial charge in [-0.25, -0.2) is 0 Å². The average Bonchev–Trinajstić information content (AvgIpc) is 2.43. The predicted molar refractivity (Wildman–Crippen MR) is 77.0 cm³/mol. The van der Waals surface area contributed by atoms with Gasteiger partial charge >= 0.3 is 0 Å². The van der Waals surface area contributed by atoms with Crippen LogP contribution in [0.15, 0.2) is 30.3 Å². The number of nitrogens with one attached hydrogen (secondary N) is 1. The van der Waals surface area contributed by atoms with Gasteiger partial charge in [-0.1, -0.05) is 30.3 Å². The van der Waals surface area contributed by atoms with Crippen LogP contribution in [0.2, 0.25) is 0 Å². The maximum absolute atomic E-state index is 11.8. The fraction of sp³-hybridized carbons (Fsp3) is 0.533. The Labute approximate surface area is 115 Å². The van der Waals surface area contributed by atoms with E-state index in [1.807, 2.05) is 30.1 Å². The summed E-state index contributed by atoms with van der Waals surface area (Å²) < 4.78 is 4.94. The van der Waals surface area contributed by atoms with Gasteiger partial charge in [0, 0.05) is 26.3 Å². The van der Waals surface area contributed by atoms with Crippen molar-refractivity contribution in [1.82, 2.24) is 10.2 Å². The van der Waals surface area contributed by atoms with Gasteiger partial charge in [-0.2, -0.15) is 0 Å². The zero-order valence-corrected chi connectivity index (χ0v) is 12.1. The molecular formula is C15H24N2O2. The second-order valence-corrected chi connectivity index (χ2v) is 4.70. The Balaban J connectivity index is 2.33. The lowest BCUT2D eigenvalue weighted by molar-refractivity contribution is -0.122. The lowest BCUT2D eigenvalue weighted by atomic mass is 10.1. The van der Waals surface area contributed by atoms with Crippen LogP contribution in [0.4, 0.5) is 0 Å². The van der Waals surface area contributed by atoms with Crippen LogP contribution >= 0.6 is 0 Å². The minimum Gasteiger partial charge on any atom is -0.385 e. The fourth-order valence-corrected chi connectivity index (χ4v) is 1.85. The smallest absolute Gasteiger partial charge is 0.234 e. The van der Waals surface area contributed by atoms with Crippen LogP contribution in [0.5, 0.6) is 0 Å². The van der Waals surface area contributed by atoms with Crippen molar-refractivity contribution >= 4 is 5.91 Å². The summed E-state index contributed by atoms with van der Waals surface area (Å²) in [7, 11) is 3.63. The molecule has 0 spiro atoms. The molecule has 0 aliphatic rings. The molecule has 0 fully saturated rings. The van der Waals surface area contributed by atoms with E-state index in [2.05, 4.69) is 24.4 Å². The Morgan fingerprint density at radius 1 is 1.37 bits per heavy atom. The van der Waals surface area contributed by atoms with E-state index in [1.165, 1.54) is 5.56 Å². The monoisotopic (exact) mass is 264 g/mol. The molecule has 0 aliphatic carbocycles. The van der Waals surface area contributed by atoms with E-state index < -0.39 is 0 Å². The molecule has 1 atom stereocenters. The van der Waals surface area contributed by atoms with Crippen LogP contribution in [-0.2, 0) is 9.53 Å². The van der Waals surface area contributed by atoms with Crippen LogP contribution < -0.4 is 5.32 Å². The lowest BCUT2D eigenvalue weighted by Gasteiger charge is -2.24. The molecule has 0 saturated carbocycles. The second-order valence-electron chi connectivity index (χ2n) is 4.70. The number of carbonyl (C=O) groups is 1. The number of ether oxygens (including phenoxy) is 1. The van der Waals surface area contributed by atoms with Crippen LogP contribution in [0.1, 0.15) is 24.9 Å². The van der Waals surface area contributed by atoms with Crippen LogP contribution in [0, 0.1) is 0 Å². The molecule has 0 heterocycles. The molecule has 4 heteroatoms. The van der Waals surface area contributed by atoms with E-state index in [1.54, 1.807) is 7.11 Å². The van der Waals surface area contributed by atoms with Crippen molar-refractivity contribution < 1.29 is 9.53 Å². The molecule has 1 N–H and O–H groups in total. The third-order valence-electron chi connectivity index (χ3n) is 3.18. The van der Waals surface area contributed by atoms with Gasteiger partial charge in [-0.15, -0.1) is 0 Å². The summed E-state index contributed by atoms with van der Waals surface area (Å²) in [6.07, 6.45) is 0.847. The number of hydrogen-bond donors (Lipinski definition) is 1. The van der Waals surface area contributed by atoms with Crippen LogP contribution in [0.3, 0.4) is 0 Å². The highest BCUT2D eigenvalue weighted by atomic mass is 16.5. The van der Waals surface area contributed by atoms with Gasteiger partial charge in [0.2, 0.25) is 5.91 Å². The summed E-state index contributed by atoms with van der Waals surface area (Å²) in [4.78, 5) is 13.8. The summed E-state index contributed by atoms with van der Waals surface area (Å²) in [5.74, 6) is 0.0568. The van der Waals surface area contributed by atoms with Crippen molar-refractivity contribution in [2.75, 3.05) is 33.9 Å². The van der Waals surface area contributed by atoms with E-state index in [9.17, 15) is 4.79 Å². The third-order valence-corrected chi connectivity index (χ3v) is 3.18. The molecule has 0 aromatic heterocycles. The Kier molecular flexibility index (Phi) is 7.15. The number of benzene rings is 1. The predicted octanol–water partition coefficient (Wildman–Crippen LogP) is 1.83. The van der Waals surface area contributed by atoms with E-state index >= 15 is 0 Å². The van der Waals surface area contributed by atoms with Crippen molar-refractivity contribution in [1.29, 1.82) is 0 Å². The number of methoxy groups -OCH3 is 1. The molecule has 0 saturated heterocycles. The Morgan fingerprint density at radius 2 is 2.05 bits per heavy atom. The van der Waals surface area contributed by atoms with E-state index in [-0.39, 0.29) is 11.9 Å². The van der Waals surface area contributed by atoms with E-state index in [4.69, 9.17) is 4.74 Å². The molecule has 0 aliphatic heterocycles. The van der Waals surface area contributed by atoms with Crippen molar-refractivity contribution in [3.8, 4) is 0 Å². The average molecular weight is 264 g/mol. The topological polar surface area (TPSA) is 41.6 Å². The van der Waals surface area contributed by atoms with Crippen LogP contribution in [-0.4, -0.2) is 44.7 Å². The number of rotatable bonds is 8. The minimum atomic E-state index is 0.0568. The highest BCUT2D eigenvalue weighted by Crippen LogP contribution is 2.17. The molecule has 19 heavy (non-hydrogen) atoms. The van der Waals surface area contributed by atoms with Gasteiger partial charge in [0.1, 0.15) is 0 Å². The fourth-order valence-electron chi connectivity index (χ4n) is 1.85. The Bertz CT molecular complexity index is 368. The maximum Gasteiger partial charge on any atom is 0.234 e. The van der Waals surface area contributed by atoms with E-state index in [0.29, 0.717) is 19.7 Å². The first-order valence-corrected chi connectivity index (χ1v) is 6.66. The molecule has 0 bridgehead atoms. The number of hydrogen-bond acceptors (Lipinski definition) is 3. The second kappa shape index (κ2) is 8.67. The molecular weight excluding hydrogens is 240 g/mol. The summed E-state index contributed by atoms with van der Waals surface area (Å²) in [5.41, 5.74) is 1.22. The van der Waals surface area contributed by atoms with Gasteiger partial charge in [0.15, 0.2) is 0 Å². The van der Waals surface area contributed by atoms with Crippen molar-refractivity contribution in [3.05, 3.63) is 35.9 Å². The largest absolute Gasteiger partial charge is 0.385 e. The molecule has 1 rings (SSSR count). The quantitative estimate of drug-likeness (QED) is 0.728. The first-order valence-electron chi connectivity index (χ1n) is 6.66. The van der Waals surface area contributed by atoms with Gasteiger partial charge in [0.05, 0.1) is 6.54 Å². The van der Waals surface area contributed by atoms with Crippen molar-refractivity contribution in [3.63, 3.8) is 0 Å². The molecule has 106 valence electrons. The number of likely N-dealkylation sites (N-methyl/N-ethyl adjacent to an activating group) is 1. The summed E-state index contributed by atoms with van der Waals surface area (Å²) in [6.45, 7) is 3.85. The molecule has 0 radical (unpaired) electrons. The molecule has 0 unspecified atom stereocenters. The number of amides is 1. The van der Waals surface area contributed by atoms with Gasteiger partial charge in [0.25, 0.3) is 0 Å². The van der Waals surface area contributed by atoms with Gasteiger partial charge in [-0.05, 0) is 26.0 Å². The SMILES string of the molecule is COCCCNC(=O)CN(C)[C@@H](C)c1ccccc1. The molecule has 1 aromatic carbocycles. The first-order chi connectivity index (χ1) is 9.15. The Hall–Kier alpha value is -1.39. The number of nitrogens with zero attached hydrogens (tertiary/aromatic N) is 1. The van der Waals surface area contributed by atoms with Gasteiger partial charge in [-0.3, -0.25) is 9.69 Å². The zero-order valence-electron chi connectivity index (χ0n) is 12.1.